The number of carbonyl (C=O) groups excluding carboxylic acids is 1. The van der Waals surface area contributed by atoms with Crippen molar-refractivity contribution in [2.45, 2.75) is 0 Å². The number of rotatable bonds is 3. The molecular formula is C15H16N2O2. The van der Waals surface area contributed by atoms with Gasteiger partial charge in [0.25, 0.3) is 0 Å². The van der Waals surface area contributed by atoms with Crippen LogP contribution in [0.4, 0.5) is 5.69 Å². The third-order valence-corrected chi connectivity index (χ3v) is 2.90. The Labute approximate surface area is 112 Å². The Morgan fingerprint density at radius 2 is 1.89 bits per heavy atom. The monoisotopic (exact) mass is 256 g/mol. The van der Waals surface area contributed by atoms with Gasteiger partial charge in [-0.25, -0.2) is 4.79 Å². The van der Waals surface area contributed by atoms with E-state index in [-0.39, 0.29) is 5.97 Å². The summed E-state index contributed by atoms with van der Waals surface area (Å²) < 4.78 is 4.83. The second-order valence-electron chi connectivity index (χ2n) is 4.32. The lowest BCUT2D eigenvalue weighted by molar-refractivity contribution is 0.0601. The van der Waals surface area contributed by atoms with Crippen molar-refractivity contribution in [3.05, 3.63) is 48.3 Å². The smallest absolute Gasteiger partial charge is 0.338 e. The molecule has 0 N–H and O–H groups in total. The van der Waals surface area contributed by atoms with Crippen molar-refractivity contribution in [2.75, 3.05) is 26.1 Å². The molecule has 2 rings (SSSR count). The number of aromatic nitrogens is 1. The SMILES string of the molecule is COC(=O)c1ccccc1-c1cnccc1N(C)C. The molecule has 0 aliphatic carbocycles. The van der Waals surface area contributed by atoms with Crippen LogP contribution in [0.25, 0.3) is 11.1 Å². The molecular weight excluding hydrogens is 240 g/mol. The third-order valence-electron chi connectivity index (χ3n) is 2.90. The first-order valence-corrected chi connectivity index (χ1v) is 5.94. The van der Waals surface area contributed by atoms with Crippen LogP contribution >= 0.6 is 0 Å². The Bertz CT molecular complexity index is 594. The number of hydrogen-bond acceptors (Lipinski definition) is 4. The molecule has 0 saturated heterocycles. The maximum absolute atomic E-state index is 11.8. The number of carbonyl (C=O) groups is 1. The number of nitrogens with zero attached hydrogens (tertiary/aromatic N) is 2. The van der Waals surface area contributed by atoms with Crippen LogP contribution < -0.4 is 4.90 Å². The summed E-state index contributed by atoms with van der Waals surface area (Å²) in [5.74, 6) is -0.343. The molecule has 0 fully saturated rings. The van der Waals surface area contributed by atoms with Crippen LogP contribution in [0.1, 0.15) is 10.4 Å². The first-order valence-electron chi connectivity index (χ1n) is 5.94. The molecule has 0 aliphatic rings. The highest BCUT2D eigenvalue weighted by Crippen LogP contribution is 2.31. The Balaban J connectivity index is 2.63. The van der Waals surface area contributed by atoms with Gasteiger partial charge in [-0.3, -0.25) is 4.98 Å². The first kappa shape index (κ1) is 13.1. The van der Waals surface area contributed by atoms with Crippen molar-refractivity contribution >= 4 is 11.7 Å². The van der Waals surface area contributed by atoms with Crippen LogP contribution in [0.15, 0.2) is 42.7 Å². The molecule has 0 saturated carbocycles. The molecule has 0 amide bonds. The second kappa shape index (κ2) is 5.52. The minimum absolute atomic E-state index is 0.343. The van der Waals surface area contributed by atoms with E-state index in [4.69, 9.17) is 4.74 Å². The zero-order valence-corrected chi connectivity index (χ0v) is 11.3. The Morgan fingerprint density at radius 1 is 1.16 bits per heavy atom. The van der Waals surface area contributed by atoms with Crippen molar-refractivity contribution in [3.8, 4) is 11.1 Å². The summed E-state index contributed by atoms with van der Waals surface area (Å²) in [7, 11) is 5.30. The topological polar surface area (TPSA) is 42.4 Å². The van der Waals surface area contributed by atoms with E-state index < -0.39 is 0 Å². The van der Waals surface area contributed by atoms with Crippen LogP contribution in [0, 0.1) is 0 Å². The average Bonchev–Trinajstić information content (AvgIpc) is 2.46. The van der Waals surface area contributed by atoms with E-state index in [1.807, 2.05) is 43.3 Å². The van der Waals surface area contributed by atoms with Crippen LogP contribution in [-0.2, 0) is 4.74 Å². The molecule has 98 valence electrons. The van der Waals surface area contributed by atoms with Crippen molar-refractivity contribution in [1.82, 2.24) is 4.98 Å². The predicted octanol–water partition coefficient (Wildman–Crippen LogP) is 2.60. The molecule has 19 heavy (non-hydrogen) atoms. The van der Waals surface area contributed by atoms with Crippen LogP contribution in [0.5, 0.6) is 0 Å². The van der Waals surface area contributed by atoms with Gasteiger partial charge in [-0.1, -0.05) is 18.2 Å². The summed E-state index contributed by atoms with van der Waals surface area (Å²) in [4.78, 5) is 18.0. The van der Waals surface area contributed by atoms with E-state index in [1.165, 1.54) is 7.11 Å². The minimum atomic E-state index is -0.343. The summed E-state index contributed by atoms with van der Waals surface area (Å²) in [5, 5.41) is 0. The summed E-state index contributed by atoms with van der Waals surface area (Å²) in [6, 6.07) is 9.29. The predicted molar refractivity (Wildman–Crippen MR) is 75.3 cm³/mol. The van der Waals surface area contributed by atoms with Crippen LogP contribution in [-0.4, -0.2) is 32.2 Å². The molecule has 1 aromatic carbocycles. The second-order valence-corrected chi connectivity index (χ2v) is 4.32. The van der Waals surface area contributed by atoms with Gasteiger partial charge in [-0.2, -0.15) is 0 Å². The molecule has 0 aliphatic heterocycles. The van der Waals surface area contributed by atoms with Crippen molar-refractivity contribution in [1.29, 1.82) is 0 Å². The fourth-order valence-electron chi connectivity index (χ4n) is 1.99. The highest BCUT2D eigenvalue weighted by Gasteiger charge is 2.15. The van der Waals surface area contributed by atoms with E-state index in [9.17, 15) is 4.79 Å². The fourth-order valence-corrected chi connectivity index (χ4v) is 1.99. The van der Waals surface area contributed by atoms with Crippen molar-refractivity contribution in [2.24, 2.45) is 0 Å². The number of esters is 1. The lowest BCUT2D eigenvalue weighted by atomic mass is 9.99. The summed E-state index contributed by atoms with van der Waals surface area (Å²) in [6.45, 7) is 0. The highest BCUT2D eigenvalue weighted by atomic mass is 16.5. The lowest BCUT2D eigenvalue weighted by Crippen LogP contribution is -2.11. The van der Waals surface area contributed by atoms with Crippen LogP contribution in [0.2, 0.25) is 0 Å². The van der Waals surface area contributed by atoms with E-state index >= 15 is 0 Å². The van der Waals surface area contributed by atoms with Gasteiger partial charge in [0.15, 0.2) is 0 Å². The zero-order chi connectivity index (χ0) is 13.8. The normalized spacial score (nSPS) is 10.1. The van der Waals surface area contributed by atoms with Gasteiger partial charge in [0.2, 0.25) is 0 Å². The molecule has 0 unspecified atom stereocenters. The lowest BCUT2D eigenvalue weighted by Gasteiger charge is -2.18. The van der Waals surface area contributed by atoms with Crippen molar-refractivity contribution < 1.29 is 9.53 Å². The van der Waals surface area contributed by atoms with Gasteiger partial charge in [0.05, 0.1) is 12.7 Å². The summed E-state index contributed by atoms with van der Waals surface area (Å²) in [5.41, 5.74) is 3.28. The molecule has 1 aromatic heterocycles. The van der Waals surface area contributed by atoms with Gasteiger partial charge in [-0.15, -0.1) is 0 Å². The number of pyridine rings is 1. The fraction of sp³-hybridized carbons (Fsp3) is 0.200. The molecule has 4 heteroatoms. The molecule has 4 nitrogen and oxygen atoms in total. The van der Waals surface area contributed by atoms with E-state index in [0.29, 0.717) is 5.56 Å². The standard InChI is InChI=1S/C15H16N2O2/c1-17(2)14-8-9-16-10-13(14)11-6-4-5-7-12(11)15(18)19-3/h4-10H,1-3H3. The Hall–Kier alpha value is -2.36. The van der Waals surface area contributed by atoms with Gasteiger partial charge >= 0.3 is 5.97 Å². The number of anilines is 1. The van der Waals surface area contributed by atoms with Crippen molar-refractivity contribution in [3.63, 3.8) is 0 Å². The molecule has 0 spiro atoms. The van der Waals surface area contributed by atoms with E-state index in [2.05, 4.69) is 4.98 Å². The average molecular weight is 256 g/mol. The van der Waals surface area contributed by atoms with E-state index in [1.54, 1.807) is 18.5 Å². The van der Waals surface area contributed by atoms with E-state index in [0.717, 1.165) is 16.8 Å². The summed E-state index contributed by atoms with van der Waals surface area (Å²) >= 11 is 0. The molecule has 2 aromatic rings. The number of hydrogen-bond donors (Lipinski definition) is 0. The number of ether oxygens (including phenoxy) is 1. The Kier molecular flexibility index (Phi) is 3.80. The largest absolute Gasteiger partial charge is 0.465 e. The molecule has 1 heterocycles. The quantitative estimate of drug-likeness (QED) is 0.792. The van der Waals surface area contributed by atoms with Gasteiger partial charge in [0.1, 0.15) is 0 Å². The molecule has 0 radical (unpaired) electrons. The third kappa shape index (κ3) is 2.57. The van der Waals surface area contributed by atoms with Gasteiger partial charge < -0.3 is 9.64 Å². The highest BCUT2D eigenvalue weighted by molar-refractivity contribution is 5.99. The Morgan fingerprint density at radius 3 is 2.58 bits per heavy atom. The van der Waals surface area contributed by atoms with Crippen LogP contribution in [0.3, 0.4) is 0 Å². The minimum Gasteiger partial charge on any atom is -0.465 e. The number of methoxy groups -OCH3 is 1. The molecule has 0 bridgehead atoms. The zero-order valence-electron chi connectivity index (χ0n) is 11.3. The molecule has 0 atom stereocenters. The van der Waals surface area contributed by atoms with Gasteiger partial charge in [-0.05, 0) is 17.7 Å². The maximum atomic E-state index is 11.8. The van der Waals surface area contributed by atoms with Gasteiger partial charge in [0, 0.05) is 37.7 Å². The number of benzene rings is 1. The summed E-state index contributed by atoms with van der Waals surface area (Å²) in [6.07, 6.45) is 3.50. The maximum Gasteiger partial charge on any atom is 0.338 e. The first-order chi connectivity index (χ1) is 9.15.